The highest BCUT2D eigenvalue weighted by Gasteiger charge is 2.29. The van der Waals surface area contributed by atoms with Gasteiger partial charge in [0.05, 0.1) is 22.6 Å². The van der Waals surface area contributed by atoms with Crippen molar-refractivity contribution in [1.82, 2.24) is 14.9 Å². The van der Waals surface area contributed by atoms with E-state index < -0.39 is 5.54 Å². The summed E-state index contributed by atoms with van der Waals surface area (Å²) in [5.74, 6) is 0.732. The van der Waals surface area contributed by atoms with Gasteiger partial charge in [-0.25, -0.2) is 4.98 Å². The van der Waals surface area contributed by atoms with Gasteiger partial charge in [0.15, 0.2) is 0 Å². The molecule has 126 valence electrons. The molecule has 2 atom stereocenters. The maximum atomic E-state index is 12.5. The van der Waals surface area contributed by atoms with Crippen molar-refractivity contribution in [1.29, 1.82) is 0 Å². The maximum Gasteiger partial charge on any atom is 0.240 e. The minimum atomic E-state index is -0.850. The van der Waals surface area contributed by atoms with Crippen molar-refractivity contribution in [2.45, 2.75) is 65.1 Å². The number of imidazole rings is 1. The van der Waals surface area contributed by atoms with Crippen molar-refractivity contribution in [3.8, 4) is 0 Å². The van der Waals surface area contributed by atoms with Crippen LogP contribution in [0.1, 0.15) is 65.4 Å². The molecule has 0 bridgehead atoms. The molecule has 1 amide bonds. The molecule has 0 saturated heterocycles. The van der Waals surface area contributed by atoms with E-state index in [0.717, 1.165) is 23.3 Å². The molecular formula is C18H28N4O. The SMILES string of the molecule is CCCC(C)(N)C(=O)NC(C)c1nc2ccccc2n1C(C)C. The molecule has 0 radical (unpaired) electrons. The molecule has 3 N–H and O–H groups in total. The number of rotatable bonds is 6. The second kappa shape index (κ2) is 6.71. The lowest BCUT2D eigenvalue weighted by Gasteiger charge is -2.26. The van der Waals surface area contributed by atoms with Gasteiger partial charge in [-0.3, -0.25) is 4.79 Å². The van der Waals surface area contributed by atoms with Crippen LogP contribution in [-0.2, 0) is 4.79 Å². The fraction of sp³-hybridized carbons (Fsp3) is 0.556. The molecule has 23 heavy (non-hydrogen) atoms. The van der Waals surface area contributed by atoms with Gasteiger partial charge in [0.25, 0.3) is 0 Å². The van der Waals surface area contributed by atoms with Gasteiger partial charge in [0.2, 0.25) is 5.91 Å². The Kier molecular flexibility index (Phi) is 5.09. The summed E-state index contributed by atoms with van der Waals surface area (Å²) in [5.41, 5.74) is 7.31. The van der Waals surface area contributed by atoms with E-state index in [4.69, 9.17) is 10.7 Å². The van der Waals surface area contributed by atoms with Crippen LogP contribution in [0.25, 0.3) is 11.0 Å². The highest BCUT2D eigenvalue weighted by molar-refractivity contribution is 5.86. The zero-order valence-electron chi connectivity index (χ0n) is 14.8. The van der Waals surface area contributed by atoms with Crippen molar-refractivity contribution in [3.63, 3.8) is 0 Å². The molecule has 0 fully saturated rings. The van der Waals surface area contributed by atoms with Crippen LogP contribution in [0.5, 0.6) is 0 Å². The zero-order valence-corrected chi connectivity index (χ0v) is 14.8. The Balaban J connectivity index is 2.32. The number of nitrogens with one attached hydrogen (secondary N) is 1. The molecule has 5 nitrogen and oxygen atoms in total. The first-order valence-electron chi connectivity index (χ1n) is 8.34. The first-order chi connectivity index (χ1) is 10.8. The van der Waals surface area contributed by atoms with Crippen LogP contribution >= 0.6 is 0 Å². The molecule has 0 aliphatic carbocycles. The van der Waals surface area contributed by atoms with Gasteiger partial charge < -0.3 is 15.6 Å². The average Bonchev–Trinajstić information content (AvgIpc) is 2.86. The summed E-state index contributed by atoms with van der Waals surface area (Å²) in [6.45, 7) is 10.0. The second-order valence-electron chi connectivity index (χ2n) is 6.79. The largest absolute Gasteiger partial charge is 0.345 e. The number of carbonyl (C=O) groups is 1. The first-order valence-corrected chi connectivity index (χ1v) is 8.34. The summed E-state index contributed by atoms with van der Waals surface area (Å²) in [6, 6.07) is 8.11. The van der Waals surface area contributed by atoms with E-state index >= 15 is 0 Å². The number of fused-ring (bicyclic) bond motifs is 1. The number of hydrogen-bond acceptors (Lipinski definition) is 3. The lowest BCUT2D eigenvalue weighted by atomic mass is 9.96. The monoisotopic (exact) mass is 316 g/mol. The number of hydrogen-bond donors (Lipinski definition) is 2. The molecule has 0 aliphatic heterocycles. The fourth-order valence-electron chi connectivity index (χ4n) is 2.97. The van der Waals surface area contributed by atoms with Crippen LogP contribution in [0, 0.1) is 0 Å². The minimum Gasteiger partial charge on any atom is -0.345 e. The minimum absolute atomic E-state index is 0.130. The number of nitrogens with two attached hydrogens (primary N) is 1. The number of carbonyl (C=O) groups excluding carboxylic acids is 1. The first kappa shape index (κ1) is 17.5. The Hall–Kier alpha value is -1.88. The number of nitrogens with zero attached hydrogens (tertiary/aromatic N) is 2. The van der Waals surface area contributed by atoms with Crippen LogP contribution < -0.4 is 11.1 Å². The van der Waals surface area contributed by atoms with Crippen LogP contribution in [0.2, 0.25) is 0 Å². The van der Waals surface area contributed by atoms with E-state index in [9.17, 15) is 4.79 Å². The molecule has 5 heteroatoms. The molecule has 1 heterocycles. The summed E-state index contributed by atoms with van der Waals surface area (Å²) >= 11 is 0. The van der Waals surface area contributed by atoms with Gasteiger partial charge in [0, 0.05) is 6.04 Å². The fourth-order valence-corrected chi connectivity index (χ4v) is 2.97. The zero-order chi connectivity index (χ0) is 17.2. The van der Waals surface area contributed by atoms with Crippen molar-refractivity contribution in [2.75, 3.05) is 0 Å². The molecule has 2 rings (SSSR count). The lowest BCUT2D eigenvalue weighted by molar-refractivity contribution is -0.126. The van der Waals surface area contributed by atoms with E-state index in [1.54, 1.807) is 6.92 Å². The van der Waals surface area contributed by atoms with Crippen molar-refractivity contribution < 1.29 is 4.79 Å². The number of amides is 1. The van der Waals surface area contributed by atoms with Crippen LogP contribution in [-0.4, -0.2) is 21.0 Å². The highest BCUT2D eigenvalue weighted by Crippen LogP contribution is 2.25. The average molecular weight is 316 g/mol. The van der Waals surface area contributed by atoms with Crippen LogP contribution in [0.15, 0.2) is 24.3 Å². The van der Waals surface area contributed by atoms with Gasteiger partial charge in [-0.05, 0) is 46.2 Å². The highest BCUT2D eigenvalue weighted by atomic mass is 16.2. The van der Waals surface area contributed by atoms with Crippen molar-refractivity contribution in [3.05, 3.63) is 30.1 Å². The van der Waals surface area contributed by atoms with E-state index in [1.807, 2.05) is 32.0 Å². The molecule has 1 aromatic heterocycles. The number of aromatic nitrogens is 2. The number of para-hydroxylation sites is 2. The molecule has 2 unspecified atom stereocenters. The van der Waals surface area contributed by atoms with Gasteiger partial charge in [-0.1, -0.05) is 25.5 Å². The molecular weight excluding hydrogens is 288 g/mol. The van der Waals surface area contributed by atoms with E-state index in [2.05, 4.69) is 29.8 Å². The summed E-state index contributed by atoms with van der Waals surface area (Å²) in [4.78, 5) is 17.2. The number of benzene rings is 1. The third-order valence-corrected chi connectivity index (χ3v) is 4.16. The van der Waals surface area contributed by atoms with E-state index in [1.165, 1.54) is 0 Å². The smallest absolute Gasteiger partial charge is 0.240 e. The predicted molar refractivity (Wildman–Crippen MR) is 94.2 cm³/mol. The Morgan fingerprint density at radius 3 is 2.61 bits per heavy atom. The Morgan fingerprint density at radius 2 is 2.00 bits per heavy atom. The van der Waals surface area contributed by atoms with E-state index in [-0.39, 0.29) is 18.0 Å². The third kappa shape index (κ3) is 3.55. The summed E-state index contributed by atoms with van der Waals surface area (Å²) in [5, 5.41) is 3.03. The summed E-state index contributed by atoms with van der Waals surface area (Å²) in [7, 11) is 0. The molecule has 0 spiro atoms. The Labute approximate surface area is 138 Å². The maximum absolute atomic E-state index is 12.5. The lowest BCUT2D eigenvalue weighted by Crippen LogP contribution is -2.52. The van der Waals surface area contributed by atoms with Gasteiger partial charge in [0.1, 0.15) is 5.82 Å². The van der Waals surface area contributed by atoms with Crippen molar-refractivity contribution in [2.24, 2.45) is 5.73 Å². The molecule has 1 aromatic carbocycles. The molecule has 0 aliphatic rings. The van der Waals surface area contributed by atoms with Gasteiger partial charge in [-0.2, -0.15) is 0 Å². The summed E-state index contributed by atoms with van der Waals surface area (Å²) < 4.78 is 2.17. The predicted octanol–water partition coefficient (Wildman–Crippen LogP) is 3.31. The van der Waals surface area contributed by atoms with Gasteiger partial charge >= 0.3 is 0 Å². The Bertz CT molecular complexity index is 687. The van der Waals surface area contributed by atoms with Crippen LogP contribution in [0.4, 0.5) is 0 Å². The topological polar surface area (TPSA) is 72.9 Å². The van der Waals surface area contributed by atoms with Crippen LogP contribution in [0.3, 0.4) is 0 Å². The van der Waals surface area contributed by atoms with E-state index in [0.29, 0.717) is 6.42 Å². The Morgan fingerprint density at radius 1 is 1.35 bits per heavy atom. The quantitative estimate of drug-likeness (QED) is 0.858. The summed E-state index contributed by atoms with van der Waals surface area (Å²) in [6.07, 6.45) is 1.53. The molecule has 0 saturated carbocycles. The standard InChI is InChI=1S/C18H28N4O/c1-6-11-18(5,19)17(23)20-13(4)16-21-14-9-7-8-10-15(14)22(16)12(2)3/h7-10,12-13H,6,11,19H2,1-5H3,(H,20,23). The van der Waals surface area contributed by atoms with Crippen molar-refractivity contribution >= 4 is 16.9 Å². The normalized spacial score (nSPS) is 15.6. The molecule has 2 aromatic rings. The third-order valence-electron chi connectivity index (χ3n) is 4.16. The second-order valence-corrected chi connectivity index (χ2v) is 6.79. The van der Waals surface area contributed by atoms with Gasteiger partial charge in [-0.15, -0.1) is 0 Å².